The van der Waals surface area contributed by atoms with E-state index in [4.69, 9.17) is 4.74 Å². The van der Waals surface area contributed by atoms with E-state index in [2.05, 4.69) is 10.2 Å². The Morgan fingerprint density at radius 1 is 1.17 bits per heavy atom. The van der Waals surface area contributed by atoms with E-state index in [1.807, 2.05) is 6.07 Å². The van der Waals surface area contributed by atoms with Crippen molar-refractivity contribution >= 4 is 15.9 Å². The predicted octanol–water partition coefficient (Wildman–Crippen LogP) is 1.73. The molecule has 0 radical (unpaired) electrons. The van der Waals surface area contributed by atoms with Gasteiger partial charge < -0.3 is 4.74 Å². The maximum Gasteiger partial charge on any atom is 0.262 e. The summed E-state index contributed by atoms with van der Waals surface area (Å²) in [5.74, 6) is -0.351. The number of aromatic nitrogens is 2. The SMILES string of the molecule is COc1ccc(S(=O)(=O)N(Cc2ccccc2)C(Cc2cc[nH]n2)C(=O)NO)cc1. The number of benzene rings is 2. The van der Waals surface area contributed by atoms with E-state index in [0.29, 0.717) is 17.0 Å². The molecule has 9 nitrogen and oxygen atoms in total. The van der Waals surface area contributed by atoms with Crippen molar-refractivity contribution in [3.63, 3.8) is 0 Å². The number of nitrogens with zero attached hydrogens (tertiary/aromatic N) is 2. The Bertz CT molecular complexity index is 1050. The van der Waals surface area contributed by atoms with E-state index < -0.39 is 22.0 Å². The van der Waals surface area contributed by atoms with Gasteiger partial charge in [0.15, 0.2) is 0 Å². The Morgan fingerprint density at radius 2 is 1.87 bits per heavy atom. The van der Waals surface area contributed by atoms with Crippen LogP contribution in [0.5, 0.6) is 5.75 Å². The van der Waals surface area contributed by atoms with E-state index in [9.17, 15) is 18.4 Å². The second-order valence-electron chi connectivity index (χ2n) is 6.47. The number of sulfonamides is 1. The minimum atomic E-state index is -4.11. The van der Waals surface area contributed by atoms with Crippen LogP contribution in [-0.2, 0) is 27.8 Å². The first-order chi connectivity index (χ1) is 14.5. The highest BCUT2D eigenvalue weighted by Gasteiger charge is 2.36. The molecule has 2 aromatic carbocycles. The van der Waals surface area contributed by atoms with Crippen molar-refractivity contribution in [2.24, 2.45) is 0 Å². The molecule has 0 saturated carbocycles. The number of carbonyl (C=O) groups is 1. The highest BCUT2D eigenvalue weighted by Crippen LogP contribution is 2.25. The summed E-state index contributed by atoms with van der Waals surface area (Å²) in [4.78, 5) is 12.5. The molecule has 30 heavy (non-hydrogen) atoms. The topological polar surface area (TPSA) is 125 Å². The summed E-state index contributed by atoms with van der Waals surface area (Å²) in [5, 5.41) is 15.9. The highest BCUT2D eigenvalue weighted by molar-refractivity contribution is 7.89. The number of H-pyrrole nitrogens is 1. The fourth-order valence-corrected chi connectivity index (χ4v) is 4.59. The van der Waals surface area contributed by atoms with E-state index in [1.54, 1.807) is 42.0 Å². The van der Waals surface area contributed by atoms with Gasteiger partial charge in [0, 0.05) is 19.2 Å². The van der Waals surface area contributed by atoms with E-state index in [1.165, 1.54) is 31.4 Å². The van der Waals surface area contributed by atoms with E-state index >= 15 is 0 Å². The van der Waals surface area contributed by atoms with E-state index in [0.717, 1.165) is 4.31 Å². The van der Waals surface area contributed by atoms with Crippen LogP contribution in [0.15, 0.2) is 71.8 Å². The third-order valence-electron chi connectivity index (χ3n) is 4.57. The molecule has 1 aromatic heterocycles. The fraction of sp³-hybridized carbons (Fsp3) is 0.200. The van der Waals surface area contributed by atoms with Crippen LogP contribution in [0, 0.1) is 0 Å². The lowest BCUT2D eigenvalue weighted by molar-refractivity contribution is -0.133. The molecule has 158 valence electrons. The van der Waals surface area contributed by atoms with Gasteiger partial charge in [0.2, 0.25) is 10.0 Å². The highest BCUT2D eigenvalue weighted by atomic mass is 32.2. The lowest BCUT2D eigenvalue weighted by Gasteiger charge is -2.29. The molecule has 0 spiro atoms. The molecule has 1 amide bonds. The number of hydrogen-bond donors (Lipinski definition) is 3. The molecule has 0 aliphatic carbocycles. The Balaban J connectivity index is 2.05. The number of ether oxygens (including phenoxy) is 1. The third-order valence-corrected chi connectivity index (χ3v) is 6.44. The van der Waals surface area contributed by atoms with Crippen LogP contribution < -0.4 is 10.2 Å². The molecule has 3 aromatic rings. The molecule has 10 heteroatoms. The van der Waals surface area contributed by atoms with Crippen molar-refractivity contribution in [2.75, 3.05) is 7.11 Å². The van der Waals surface area contributed by atoms with Crippen LogP contribution in [-0.4, -0.2) is 47.2 Å². The predicted molar refractivity (Wildman–Crippen MR) is 108 cm³/mol. The van der Waals surface area contributed by atoms with Gasteiger partial charge in [-0.05, 0) is 35.9 Å². The van der Waals surface area contributed by atoms with Crippen molar-refractivity contribution in [1.29, 1.82) is 0 Å². The van der Waals surface area contributed by atoms with Gasteiger partial charge >= 0.3 is 0 Å². The first-order valence-electron chi connectivity index (χ1n) is 9.08. The van der Waals surface area contributed by atoms with Gasteiger partial charge in [0.25, 0.3) is 5.91 Å². The summed E-state index contributed by atoms with van der Waals surface area (Å²) in [6.07, 6.45) is 1.54. The number of nitrogens with one attached hydrogen (secondary N) is 2. The first kappa shape index (κ1) is 21.5. The number of hydroxylamine groups is 1. The summed E-state index contributed by atoms with van der Waals surface area (Å²) in [6.45, 7) is -0.0717. The summed E-state index contributed by atoms with van der Waals surface area (Å²) >= 11 is 0. The van der Waals surface area contributed by atoms with Gasteiger partial charge in [-0.1, -0.05) is 30.3 Å². The number of carbonyl (C=O) groups excluding carboxylic acids is 1. The monoisotopic (exact) mass is 430 g/mol. The molecule has 0 fully saturated rings. The second kappa shape index (κ2) is 9.53. The third kappa shape index (κ3) is 4.85. The maximum atomic E-state index is 13.5. The van der Waals surface area contributed by atoms with Crippen LogP contribution in [0.4, 0.5) is 0 Å². The Labute approximate surface area is 174 Å². The van der Waals surface area contributed by atoms with Gasteiger partial charge in [-0.3, -0.25) is 15.1 Å². The second-order valence-corrected chi connectivity index (χ2v) is 8.36. The van der Waals surface area contributed by atoms with Crippen molar-refractivity contribution in [2.45, 2.75) is 23.9 Å². The number of rotatable bonds is 9. The van der Waals surface area contributed by atoms with Crippen molar-refractivity contribution in [3.05, 3.63) is 78.1 Å². The molecular weight excluding hydrogens is 408 g/mol. The molecule has 1 heterocycles. The average Bonchev–Trinajstić information content (AvgIpc) is 3.29. The number of methoxy groups -OCH3 is 1. The molecule has 0 aliphatic rings. The lowest BCUT2D eigenvalue weighted by atomic mass is 10.1. The number of hydrogen-bond acceptors (Lipinski definition) is 6. The summed E-state index contributed by atoms with van der Waals surface area (Å²) < 4.78 is 33.2. The molecular formula is C20H22N4O5S. The van der Waals surface area contributed by atoms with Gasteiger partial charge in [-0.15, -0.1) is 0 Å². The van der Waals surface area contributed by atoms with Gasteiger partial charge in [0.05, 0.1) is 17.7 Å². The number of amides is 1. The molecule has 3 rings (SSSR count). The molecule has 3 N–H and O–H groups in total. The zero-order valence-corrected chi connectivity index (χ0v) is 17.0. The summed E-state index contributed by atoms with van der Waals surface area (Å²) in [7, 11) is -2.63. The normalized spacial score (nSPS) is 12.5. The Hall–Kier alpha value is -3.21. The molecule has 0 saturated heterocycles. The minimum Gasteiger partial charge on any atom is -0.497 e. The first-order valence-corrected chi connectivity index (χ1v) is 10.5. The van der Waals surface area contributed by atoms with E-state index in [-0.39, 0.29) is 17.9 Å². The van der Waals surface area contributed by atoms with Gasteiger partial charge in [-0.25, -0.2) is 13.9 Å². The Kier molecular flexibility index (Phi) is 6.83. The van der Waals surface area contributed by atoms with Crippen LogP contribution in [0.3, 0.4) is 0 Å². The standard InChI is InChI=1S/C20H22N4O5S/c1-29-17-7-9-18(10-8-17)30(27,28)24(14-15-5-3-2-4-6-15)19(20(25)23-26)13-16-11-12-21-22-16/h2-12,19,26H,13-14H2,1H3,(H,21,22)(H,23,25). The van der Waals surface area contributed by atoms with Crippen LogP contribution >= 0.6 is 0 Å². The summed E-state index contributed by atoms with van der Waals surface area (Å²) in [6, 6.07) is 15.2. The Morgan fingerprint density at radius 3 is 2.43 bits per heavy atom. The minimum absolute atomic E-state index is 0.00278. The molecule has 0 aliphatic heterocycles. The van der Waals surface area contributed by atoms with Gasteiger partial charge in [-0.2, -0.15) is 9.40 Å². The quantitative estimate of drug-likeness (QED) is 0.351. The fourth-order valence-electron chi connectivity index (χ4n) is 3.01. The largest absolute Gasteiger partial charge is 0.497 e. The van der Waals surface area contributed by atoms with Crippen molar-refractivity contribution in [1.82, 2.24) is 20.0 Å². The molecule has 1 unspecified atom stereocenters. The summed E-state index contributed by atoms with van der Waals surface area (Å²) in [5.41, 5.74) is 2.75. The smallest absolute Gasteiger partial charge is 0.262 e. The molecule has 0 bridgehead atoms. The zero-order valence-electron chi connectivity index (χ0n) is 16.2. The lowest BCUT2D eigenvalue weighted by Crippen LogP contribution is -2.49. The number of aromatic amines is 1. The van der Waals surface area contributed by atoms with Crippen molar-refractivity contribution < 1.29 is 23.2 Å². The van der Waals surface area contributed by atoms with Crippen molar-refractivity contribution in [3.8, 4) is 5.75 Å². The average molecular weight is 430 g/mol. The van der Waals surface area contributed by atoms with Gasteiger partial charge in [0.1, 0.15) is 11.8 Å². The van der Waals surface area contributed by atoms with Crippen LogP contribution in [0.25, 0.3) is 0 Å². The van der Waals surface area contributed by atoms with Crippen LogP contribution in [0.1, 0.15) is 11.3 Å². The maximum absolute atomic E-state index is 13.5. The zero-order chi connectivity index (χ0) is 21.6. The van der Waals surface area contributed by atoms with Crippen LogP contribution in [0.2, 0.25) is 0 Å². The molecule has 1 atom stereocenters.